The molecule has 1 aromatic heterocycles. The molecule has 0 radical (unpaired) electrons. The second-order valence-corrected chi connectivity index (χ2v) is 4.75. The van der Waals surface area contributed by atoms with Gasteiger partial charge in [0.2, 0.25) is 0 Å². The molecule has 2 N–H and O–H groups in total. The predicted molar refractivity (Wildman–Crippen MR) is 78.7 cm³/mol. The van der Waals surface area contributed by atoms with E-state index < -0.39 is 5.82 Å². The standard InChI is InChI=1S/C15H10ClFN2O2/c16-12-3-2-11(8-13(12)17)18-15(19-20)10-1-4-14-9(7-10)5-6-21-14/h1-8,20H,(H,18,19). The molecule has 4 nitrogen and oxygen atoms in total. The summed E-state index contributed by atoms with van der Waals surface area (Å²) in [5.74, 6) is -0.375. The van der Waals surface area contributed by atoms with Crippen LogP contribution in [0.1, 0.15) is 5.56 Å². The van der Waals surface area contributed by atoms with Crippen molar-refractivity contribution in [3.05, 3.63) is 65.1 Å². The van der Waals surface area contributed by atoms with E-state index in [4.69, 9.17) is 16.0 Å². The lowest BCUT2D eigenvalue weighted by Gasteiger charge is -2.05. The topological polar surface area (TPSA) is 57.8 Å². The summed E-state index contributed by atoms with van der Waals surface area (Å²) in [4.78, 5) is 4.17. The Bertz CT molecular complexity index is 829. The summed E-state index contributed by atoms with van der Waals surface area (Å²) in [6.07, 6.45) is 1.58. The lowest BCUT2D eigenvalue weighted by Crippen LogP contribution is -2.19. The molecule has 21 heavy (non-hydrogen) atoms. The molecule has 0 bridgehead atoms. The van der Waals surface area contributed by atoms with Crippen molar-refractivity contribution in [3.8, 4) is 0 Å². The van der Waals surface area contributed by atoms with E-state index in [1.54, 1.807) is 36.6 Å². The molecule has 1 heterocycles. The largest absolute Gasteiger partial charge is 0.464 e. The van der Waals surface area contributed by atoms with Gasteiger partial charge in [-0.15, -0.1) is 0 Å². The molecule has 0 amide bonds. The molecule has 3 rings (SSSR count). The van der Waals surface area contributed by atoms with Crippen LogP contribution in [-0.4, -0.2) is 11.0 Å². The Morgan fingerprint density at radius 1 is 1.19 bits per heavy atom. The number of aliphatic imine (C=N–C) groups is 1. The van der Waals surface area contributed by atoms with Crippen molar-refractivity contribution in [1.29, 1.82) is 0 Å². The van der Waals surface area contributed by atoms with E-state index in [0.717, 1.165) is 11.0 Å². The van der Waals surface area contributed by atoms with Gasteiger partial charge in [0.25, 0.3) is 0 Å². The summed E-state index contributed by atoms with van der Waals surface area (Å²) in [6, 6.07) is 11.3. The van der Waals surface area contributed by atoms with Gasteiger partial charge in [-0.05, 0) is 36.4 Å². The number of benzene rings is 2. The van der Waals surface area contributed by atoms with Crippen molar-refractivity contribution in [1.82, 2.24) is 5.48 Å². The zero-order valence-electron chi connectivity index (χ0n) is 10.7. The number of hydrogen-bond acceptors (Lipinski definition) is 3. The van der Waals surface area contributed by atoms with Gasteiger partial charge in [-0.1, -0.05) is 11.6 Å². The number of rotatable bonds is 2. The van der Waals surface area contributed by atoms with E-state index >= 15 is 0 Å². The van der Waals surface area contributed by atoms with Gasteiger partial charge in [0.15, 0.2) is 5.84 Å². The van der Waals surface area contributed by atoms with E-state index in [9.17, 15) is 9.60 Å². The second kappa shape index (κ2) is 5.55. The van der Waals surface area contributed by atoms with Gasteiger partial charge in [0.1, 0.15) is 11.4 Å². The second-order valence-electron chi connectivity index (χ2n) is 4.34. The fourth-order valence-electron chi connectivity index (χ4n) is 1.95. The van der Waals surface area contributed by atoms with Crippen molar-refractivity contribution >= 4 is 34.1 Å². The highest BCUT2D eigenvalue weighted by Crippen LogP contribution is 2.22. The maximum Gasteiger partial charge on any atom is 0.157 e. The SMILES string of the molecule is ONC(=Nc1ccc(Cl)c(F)c1)c1ccc2occc2c1. The first-order valence-corrected chi connectivity index (χ1v) is 6.46. The summed E-state index contributed by atoms with van der Waals surface area (Å²) in [6.45, 7) is 0. The zero-order valence-corrected chi connectivity index (χ0v) is 11.4. The maximum atomic E-state index is 13.4. The highest BCUT2D eigenvalue weighted by atomic mass is 35.5. The summed E-state index contributed by atoms with van der Waals surface area (Å²) in [5, 5.41) is 10.2. The van der Waals surface area contributed by atoms with Gasteiger partial charge >= 0.3 is 0 Å². The fourth-order valence-corrected chi connectivity index (χ4v) is 2.07. The van der Waals surface area contributed by atoms with E-state index in [0.29, 0.717) is 11.3 Å². The van der Waals surface area contributed by atoms with Gasteiger partial charge in [-0.3, -0.25) is 10.7 Å². The molecule has 0 fully saturated rings. The Hall–Kier alpha value is -2.37. The van der Waals surface area contributed by atoms with Crippen molar-refractivity contribution < 1.29 is 14.0 Å². The molecule has 106 valence electrons. The van der Waals surface area contributed by atoms with Crippen molar-refractivity contribution in [2.75, 3.05) is 0 Å². The van der Waals surface area contributed by atoms with Crippen LogP contribution >= 0.6 is 11.6 Å². The number of furan rings is 1. The first-order chi connectivity index (χ1) is 10.2. The van der Waals surface area contributed by atoms with E-state index in [-0.39, 0.29) is 10.9 Å². The average Bonchev–Trinajstić information content (AvgIpc) is 2.95. The fraction of sp³-hybridized carbons (Fsp3) is 0. The van der Waals surface area contributed by atoms with Gasteiger partial charge < -0.3 is 4.42 Å². The Morgan fingerprint density at radius 2 is 2.05 bits per heavy atom. The molecule has 0 saturated heterocycles. The Labute approximate surface area is 124 Å². The van der Waals surface area contributed by atoms with Crippen LogP contribution in [0.3, 0.4) is 0 Å². The van der Waals surface area contributed by atoms with E-state index in [1.807, 2.05) is 5.48 Å². The highest BCUT2D eigenvalue weighted by molar-refractivity contribution is 6.30. The minimum absolute atomic E-state index is 0.0206. The molecule has 3 aromatic rings. The van der Waals surface area contributed by atoms with Crippen LogP contribution in [0.5, 0.6) is 0 Å². The van der Waals surface area contributed by atoms with Crippen LogP contribution < -0.4 is 5.48 Å². The number of amidine groups is 1. The van der Waals surface area contributed by atoms with Crippen molar-refractivity contribution in [2.24, 2.45) is 4.99 Å². The zero-order chi connectivity index (χ0) is 14.8. The molecule has 0 aliphatic carbocycles. The van der Waals surface area contributed by atoms with Crippen LogP contribution in [0.4, 0.5) is 10.1 Å². The summed E-state index contributed by atoms with van der Waals surface area (Å²) < 4.78 is 18.7. The molecule has 0 aliphatic heterocycles. The Balaban J connectivity index is 2.03. The van der Waals surface area contributed by atoms with E-state index in [2.05, 4.69) is 4.99 Å². The highest BCUT2D eigenvalue weighted by Gasteiger charge is 2.07. The van der Waals surface area contributed by atoms with Gasteiger partial charge in [0, 0.05) is 17.0 Å². The normalized spacial score (nSPS) is 11.9. The summed E-state index contributed by atoms with van der Waals surface area (Å²) >= 11 is 5.62. The number of hydrogen-bond donors (Lipinski definition) is 2. The molecule has 0 atom stereocenters. The molecular weight excluding hydrogens is 295 g/mol. The quantitative estimate of drug-likeness (QED) is 0.422. The number of nitrogens with one attached hydrogen (secondary N) is 1. The van der Waals surface area contributed by atoms with Crippen LogP contribution in [0.15, 0.2) is 58.1 Å². The third kappa shape index (κ3) is 2.74. The smallest absolute Gasteiger partial charge is 0.157 e. The van der Waals surface area contributed by atoms with Crippen LogP contribution in [-0.2, 0) is 0 Å². The molecule has 0 spiro atoms. The van der Waals surface area contributed by atoms with Crippen LogP contribution in [0.2, 0.25) is 5.02 Å². The summed E-state index contributed by atoms with van der Waals surface area (Å²) in [7, 11) is 0. The lowest BCUT2D eigenvalue weighted by molar-refractivity contribution is 0.235. The number of hydroxylamine groups is 1. The molecule has 0 saturated carbocycles. The van der Waals surface area contributed by atoms with Gasteiger partial charge in [-0.2, -0.15) is 0 Å². The average molecular weight is 305 g/mol. The number of fused-ring (bicyclic) bond motifs is 1. The maximum absolute atomic E-state index is 13.4. The molecule has 6 heteroatoms. The van der Waals surface area contributed by atoms with Crippen LogP contribution in [0.25, 0.3) is 11.0 Å². The number of nitrogens with zero attached hydrogens (tertiary/aromatic N) is 1. The summed E-state index contributed by atoms with van der Waals surface area (Å²) in [5.41, 5.74) is 3.73. The predicted octanol–water partition coefficient (Wildman–Crippen LogP) is 4.28. The first kappa shape index (κ1) is 13.6. The molecular formula is C15H10ClFN2O2. The molecule has 2 aromatic carbocycles. The Morgan fingerprint density at radius 3 is 2.81 bits per heavy atom. The van der Waals surface area contributed by atoms with Crippen LogP contribution in [0, 0.1) is 5.82 Å². The molecule has 0 aliphatic rings. The lowest BCUT2D eigenvalue weighted by atomic mass is 10.1. The molecule has 0 unspecified atom stereocenters. The van der Waals surface area contributed by atoms with Gasteiger partial charge in [0.05, 0.1) is 17.0 Å². The third-order valence-corrected chi connectivity index (χ3v) is 3.28. The monoisotopic (exact) mass is 304 g/mol. The third-order valence-electron chi connectivity index (χ3n) is 2.98. The Kier molecular flexibility index (Phi) is 3.60. The van der Waals surface area contributed by atoms with Crippen molar-refractivity contribution in [3.63, 3.8) is 0 Å². The van der Waals surface area contributed by atoms with Crippen molar-refractivity contribution in [2.45, 2.75) is 0 Å². The first-order valence-electron chi connectivity index (χ1n) is 6.09. The minimum Gasteiger partial charge on any atom is -0.464 e. The van der Waals surface area contributed by atoms with E-state index in [1.165, 1.54) is 12.1 Å². The van der Waals surface area contributed by atoms with Gasteiger partial charge in [-0.25, -0.2) is 9.38 Å². The minimum atomic E-state index is -0.569. The number of halogens is 2.